The van der Waals surface area contributed by atoms with Gasteiger partial charge >= 0.3 is 6.03 Å². The normalized spacial score (nSPS) is 19.5. The first-order valence-corrected chi connectivity index (χ1v) is 10.2. The van der Waals surface area contributed by atoms with Gasteiger partial charge < -0.3 is 20.1 Å². The van der Waals surface area contributed by atoms with Crippen molar-refractivity contribution < 1.29 is 23.9 Å². The molecule has 0 saturated carbocycles. The Morgan fingerprint density at radius 3 is 2.74 bits per heavy atom. The van der Waals surface area contributed by atoms with Gasteiger partial charge in [0, 0.05) is 13.0 Å². The van der Waals surface area contributed by atoms with Gasteiger partial charge in [0.1, 0.15) is 12.1 Å². The molecule has 0 radical (unpaired) electrons. The zero-order valence-electron chi connectivity index (χ0n) is 17.6. The second-order valence-electron chi connectivity index (χ2n) is 8.04. The average molecular weight is 423 g/mol. The summed E-state index contributed by atoms with van der Waals surface area (Å²) in [4.78, 5) is 38.7. The molecule has 1 atom stereocenters. The number of amides is 4. The van der Waals surface area contributed by atoms with Crippen molar-refractivity contribution in [2.24, 2.45) is 0 Å². The molecule has 2 aliphatic rings. The molecule has 31 heavy (non-hydrogen) atoms. The molecular formula is C23H25N3O5. The van der Waals surface area contributed by atoms with Crippen molar-refractivity contribution in [3.8, 4) is 11.5 Å². The highest BCUT2D eigenvalue weighted by Crippen LogP contribution is 2.34. The van der Waals surface area contributed by atoms with E-state index in [1.807, 2.05) is 37.3 Å². The van der Waals surface area contributed by atoms with Crippen LogP contribution in [0.15, 0.2) is 42.5 Å². The molecule has 8 nitrogen and oxygen atoms in total. The second-order valence-corrected chi connectivity index (χ2v) is 8.04. The maximum atomic E-state index is 13.0. The lowest BCUT2D eigenvalue weighted by atomic mass is 9.92. The van der Waals surface area contributed by atoms with Crippen LogP contribution in [0, 0.1) is 6.92 Å². The molecule has 8 heteroatoms. The monoisotopic (exact) mass is 423 g/mol. The molecule has 2 aromatic carbocycles. The van der Waals surface area contributed by atoms with E-state index >= 15 is 0 Å². The fourth-order valence-corrected chi connectivity index (χ4v) is 3.90. The lowest BCUT2D eigenvalue weighted by Crippen LogP contribution is -2.47. The van der Waals surface area contributed by atoms with E-state index in [9.17, 15) is 14.4 Å². The Labute approximate surface area is 180 Å². The minimum Gasteiger partial charge on any atom is -0.454 e. The number of imide groups is 1. The predicted molar refractivity (Wildman–Crippen MR) is 113 cm³/mol. The van der Waals surface area contributed by atoms with Gasteiger partial charge in [-0.15, -0.1) is 0 Å². The number of urea groups is 1. The van der Waals surface area contributed by atoms with Crippen LogP contribution in [0.4, 0.5) is 4.79 Å². The van der Waals surface area contributed by atoms with Crippen molar-refractivity contribution in [3.63, 3.8) is 0 Å². The van der Waals surface area contributed by atoms with Crippen molar-refractivity contribution in [3.05, 3.63) is 59.2 Å². The van der Waals surface area contributed by atoms with Crippen molar-refractivity contribution in [1.82, 2.24) is 15.5 Å². The third-order valence-corrected chi connectivity index (χ3v) is 5.62. The van der Waals surface area contributed by atoms with Gasteiger partial charge in [0.2, 0.25) is 12.7 Å². The van der Waals surface area contributed by atoms with Crippen molar-refractivity contribution in [2.45, 2.75) is 32.2 Å². The van der Waals surface area contributed by atoms with E-state index in [2.05, 4.69) is 10.6 Å². The standard InChI is InChI=1S/C23H25N3O5/c1-15-5-3-4-6-17(15)9-10-24-20(27)13-26-21(28)23(2,25-22(26)29)12-16-7-8-18-19(11-16)31-14-30-18/h3-8,11H,9-10,12-14H2,1-2H3,(H,24,27)(H,25,29)/t23-/m0/s1. The number of benzene rings is 2. The Hall–Kier alpha value is -3.55. The number of rotatable bonds is 7. The van der Waals surface area contributed by atoms with Gasteiger partial charge in [0.25, 0.3) is 5.91 Å². The molecule has 1 fully saturated rings. The van der Waals surface area contributed by atoms with Gasteiger partial charge in [-0.3, -0.25) is 14.5 Å². The highest BCUT2D eigenvalue weighted by Gasteiger charge is 2.48. The number of carbonyl (C=O) groups is 3. The van der Waals surface area contributed by atoms with Crippen LogP contribution in [0.2, 0.25) is 0 Å². The summed E-state index contributed by atoms with van der Waals surface area (Å²) in [6, 6.07) is 12.8. The van der Waals surface area contributed by atoms with Crippen LogP contribution in [0.1, 0.15) is 23.6 Å². The molecule has 162 valence electrons. The molecule has 2 aliphatic heterocycles. The molecule has 0 unspecified atom stereocenters. The second kappa shape index (κ2) is 8.29. The Balaban J connectivity index is 1.34. The number of hydrogen-bond acceptors (Lipinski definition) is 5. The lowest BCUT2D eigenvalue weighted by Gasteiger charge is -2.22. The first-order chi connectivity index (χ1) is 14.9. The highest BCUT2D eigenvalue weighted by atomic mass is 16.7. The first-order valence-electron chi connectivity index (χ1n) is 10.2. The number of fused-ring (bicyclic) bond motifs is 1. The largest absolute Gasteiger partial charge is 0.454 e. The molecule has 4 rings (SSSR count). The number of ether oxygens (including phenoxy) is 2. The van der Waals surface area contributed by atoms with Gasteiger partial charge in [0.05, 0.1) is 0 Å². The molecule has 1 saturated heterocycles. The van der Waals surface area contributed by atoms with Crippen LogP contribution in [0.5, 0.6) is 11.5 Å². The maximum Gasteiger partial charge on any atom is 0.325 e. The Morgan fingerprint density at radius 2 is 1.94 bits per heavy atom. The lowest BCUT2D eigenvalue weighted by molar-refractivity contribution is -0.134. The third kappa shape index (κ3) is 4.33. The maximum absolute atomic E-state index is 13.0. The Morgan fingerprint density at radius 1 is 1.16 bits per heavy atom. The summed E-state index contributed by atoms with van der Waals surface area (Å²) in [6.45, 7) is 3.97. The number of hydrogen-bond donors (Lipinski definition) is 2. The number of nitrogens with one attached hydrogen (secondary N) is 2. The van der Waals surface area contributed by atoms with E-state index in [1.54, 1.807) is 19.1 Å². The van der Waals surface area contributed by atoms with Crippen LogP contribution in [-0.4, -0.2) is 48.2 Å². The van der Waals surface area contributed by atoms with Crippen molar-refractivity contribution in [1.29, 1.82) is 0 Å². The highest BCUT2D eigenvalue weighted by molar-refractivity contribution is 6.08. The SMILES string of the molecule is Cc1ccccc1CCNC(=O)CN1C(=O)N[C@@](C)(Cc2ccc3c(c2)OCO3)C1=O. The fraction of sp³-hybridized carbons (Fsp3) is 0.348. The minimum absolute atomic E-state index is 0.165. The summed E-state index contributed by atoms with van der Waals surface area (Å²) in [5.41, 5.74) is 2.00. The summed E-state index contributed by atoms with van der Waals surface area (Å²) in [6.07, 6.45) is 0.958. The molecule has 0 aromatic heterocycles. The molecule has 2 aromatic rings. The zero-order valence-corrected chi connectivity index (χ0v) is 17.6. The van der Waals surface area contributed by atoms with Crippen molar-refractivity contribution in [2.75, 3.05) is 19.9 Å². The van der Waals surface area contributed by atoms with E-state index < -0.39 is 17.5 Å². The molecule has 0 bridgehead atoms. The first kappa shape index (κ1) is 20.7. The van der Waals surface area contributed by atoms with E-state index in [4.69, 9.17) is 9.47 Å². The van der Waals surface area contributed by atoms with E-state index in [0.29, 0.717) is 24.5 Å². The summed E-state index contributed by atoms with van der Waals surface area (Å²) in [5, 5.41) is 5.51. The summed E-state index contributed by atoms with van der Waals surface area (Å²) in [7, 11) is 0. The van der Waals surface area contributed by atoms with E-state index in [1.165, 1.54) is 0 Å². The Bertz CT molecular complexity index is 1040. The zero-order chi connectivity index (χ0) is 22.0. The van der Waals surface area contributed by atoms with Crippen molar-refractivity contribution >= 4 is 17.8 Å². The smallest absolute Gasteiger partial charge is 0.325 e. The number of aryl methyl sites for hydroxylation is 1. The number of carbonyl (C=O) groups excluding carboxylic acids is 3. The number of nitrogens with zero attached hydrogens (tertiary/aromatic N) is 1. The Kier molecular flexibility index (Phi) is 5.54. The van der Waals surface area contributed by atoms with Gasteiger partial charge in [0.15, 0.2) is 11.5 Å². The molecule has 2 heterocycles. The van der Waals surface area contributed by atoms with Gasteiger partial charge in [-0.05, 0) is 49.1 Å². The van der Waals surface area contributed by atoms with Crippen LogP contribution < -0.4 is 20.1 Å². The topological polar surface area (TPSA) is 97.0 Å². The summed E-state index contributed by atoms with van der Waals surface area (Å²) >= 11 is 0. The van der Waals surface area contributed by atoms with Crippen LogP contribution >= 0.6 is 0 Å². The molecule has 2 N–H and O–H groups in total. The van der Waals surface area contributed by atoms with Gasteiger partial charge in [-0.2, -0.15) is 0 Å². The van der Waals surface area contributed by atoms with E-state index in [0.717, 1.165) is 21.6 Å². The molecular weight excluding hydrogens is 398 g/mol. The average Bonchev–Trinajstić information content (AvgIpc) is 3.27. The van der Waals surface area contributed by atoms with Gasteiger partial charge in [-0.1, -0.05) is 30.3 Å². The van der Waals surface area contributed by atoms with Crippen LogP contribution in [-0.2, 0) is 22.4 Å². The molecule has 0 aliphatic carbocycles. The fourth-order valence-electron chi connectivity index (χ4n) is 3.90. The minimum atomic E-state index is -1.13. The molecule has 0 spiro atoms. The summed E-state index contributed by atoms with van der Waals surface area (Å²) < 4.78 is 10.7. The van der Waals surface area contributed by atoms with Crippen LogP contribution in [0.25, 0.3) is 0 Å². The summed E-state index contributed by atoms with van der Waals surface area (Å²) in [5.74, 6) is 0.469. The molecule has 4 amide bonds. The van der Waals surface area contributed by atoms with Crippen LogP contribution in [0.3, 0.4) is 0 Å². The third-order valence-electron chi connectivity index (χ3n) is 5.62. The quantitative estimate of drug-likeness (QED) is 0.664. The predicted octanol–water partition coefficient (Wildman–Crippen LogP) is 1.94. The van der Waals surface area contributed by atoms with E-state index in [-0.39, 0.29) is 25.7 Å². The van der Waals surface area contributed by atoms with Gasteiger partial charge in [-0.25, -0.2) is 4.79 Å².